The fourth-order valence-electron chi connectivity index (χ4n) is 5.50. The van der Waals surface area contributed by atoms with Crippen LogP contribution in [0.15, 0.2) is 42.7 Å². The maximum Gasteiger partial charge on any atom is 0.344 e. The highest BCUT2D eigenvalue weighted by Crippen LogP contribution is 2.46. The Kier molecular flexibility index (Phi) is 7.84. The van der Waals surface area contributed by atoms with Gasteiger partial charge in [0.2, 0.25) is 17.8 Å². The number of aromatic hydroxyl groups is 3. The molecule has 0 radical (unpaired) electrons. The van der Waals surface area contributed by atoms with Crippen molar-refractivity contribution in [3.05, 3.63) is 50.7 Å². The smallest absolute Gasteiger partial charge is 0.344 e. The molecule has 3 heterocycles. The van der Waals surface area contributed by atoms with Crippen molar-refractivity contribution in [3.8, 4) is 40.2 Å². The fourth-order valence-corrected chi connectivity index (χ4v) is 5.50. The van der Waals surface area contributed by atoms with Gasteiger partial charge in [0, 0.05) is 10.8 Å². The van der Waals surface area contributed by atoms with Gasteiger partial charge in [-0.3, -0.25) is 0 Å². The van der Waals surface area contributed by atoms with Gasteiger partial charge in [-0.15, -0.1) is 0 Å². The number of phenols is 3. The van der Waals surface area contributed by atoms with Gasteiger partial charge in [-0.25, -0.2) is 14.4 Å². The lowest BCUT2D eigenvalue weighted by atomic mass is 9.98. The number of aliphatic hydroxyl groups excluding tert-OH is 3. The molecule has 5 atom stereocenters. The number of benzene rings is 3. The molecule has 0 amide bonds. The second-order valence-corrected chi connectivity index (χ2v) is 10.4. The summed E-state index contributed by atoms with van der Waals surface area (Å²) in [5.41, 5.74) is -2.60. The molecule has 6 rings (SSSR count). The molecule has 47 heavy (non-hydrogen) atoms. The lowest BCUT2D eigenvalue weighted by molar-refractivity contribution is -0.277. The van der Waals surface area contributed by atoms with Crippen molar-refractivity contribution < 1.29 is 72.7 Å². The number of ether oxygens (including phenoxy) is 6. The SMILES string of the molecule is COc1cc2c(=O)oc3c(OC)c(O[C@@H]4O[C@H](CO)[C@@H](O)[C@H](OC(=O)c5cc(O)c(O)c(O)c5)[C@H]4O)cc4c(=O)oc(c1OC)c2c34. The molecular weight excluding hydrogens is 632 g/mol. The number of rotatable bonds is 8. The second kappa shape index (κ2) is 11.7. The summed E-state index contributed by atoms with van der Waals surface area (Å²) in [5.74, 6) is -4.28. The standard InChI is InChI=1S/C30H26O17/c1-40-14-6-10-17-18-11(29(39)45-24(17)22(14)41-2)7-15(23(42-3)25(18)46-28(10)38)43-30-21(36)26(20(35)16(8-31)44-30)47-27(37)9-4-12(32)19(34)13(33)5-9/h4-7,16,20-21,26,30-36H,8H2,1-3H3/t16-,20-,21-,26+,30-/m1/s1. The first-order valence-corrected chi connectivity index (χ1v) is 13.7. The molecule has 0 spiro atoms. The zero-order chi connectivity index (χ0) is 33.9. The molecule has 0 unspecified atom stereocenters. The van der Waals surface area contributed by atoms with Crippen LogP contribution in [0.1, 0.15) is 10.4 Å². The van der Waals surface area contributed by atoms with Crippen LogP contribution in [0.3, 0.4) is 0 Å². The van der Waals surface area contributed by atoms with Gasteiger partial charge in [-0.2, -0.15) is 0 Å². The van der Waals surface area contributed by atoms with Crippen LogP contribution in [0.25, 0.3) is 32.7 Å². The van der Waals surface area contributed by atoms with Gasteiger partial charge < -0.3 is 67.9 Å². The van der Waals surface area contributed by atoms with Crippen LogP contribution >= 0.6 is 0 Å². The summed E-state index contributed by atoms with van der Waals surface area (Å²) in [5, 5.41) is 61.0. The predicted octanol–water partition coefficient (Wildman–Crippen LogP) is 0.676. The number of hydrogen-bond donors (Lipinski definition) is 6. The average molecular weight is 659 g/mol. The molecule has 1 fully saturated rings. The van der Waals surface area contributed by atoms with Crippen molar-refractivity contribution >= 4 is 38.7 Å². The van der Waals surface area contributed by atoms with E-state index in [4.69, 9.17) is 37.3 Å². The molecule has 0 bridgehead atoms. The highest BCUT2D eigenvalue weighted by atomic mass is 16.7. The number of aliphatic hydroxyl groups is 3. The van der Waals surface area contributed by atoms with E-state index in [1.54, 1.807) is 0 Å². The topological polar surface area (TPSA) is 254 Å². The van der Waals surface area contributed by atoms with E-state index in [0.717, 1.165) is 12.1 Å². The normalized spacial score (nSPS) is 21.3. The van der Waals surface area contributed by atoms with Gasteiger partial charge in [-0.05, 0) is 24.3 Å². The number of methoxy groups -OCH3 is 3. The summed E-state index contributed by atoms with van der Waals surface area (Å²) in [6, 6.07) is 4.07. The molecule has 5 aromatic rings. The van der Waals surface area contributed by atoms with Crippen LogP contribution in [-0.2, 0) is 9.47 Å². The van der Waals surface area contributed by atoms with Crippen molar-refractivity contribution in [2.75, 3.05) is 27.9 Å². The Morgan fingerprint density at radius 1 is 0.787 bits per heavy atom. The summed E-state index contributed by atoms with van der Waals surface area (Å²) in [6.07, 6.45) is -8.95. The highest BCUT2D eigenvalue weighted by molar-refractivity contribution is 6.22. The number of carbonyl (C=O) groups is 1. The lowest BCUT2D eigenvalue weighted by Crippen LogP contribution is -2.61. The van der Waals surface area contributed by atoms with Crippen LogP contribution < -0.4 is 30.2 Å². The van der Waals surface area contributed by atoms with Gasteiger partial charge in [0.15, 0.2) is 52.1 Å². The quantitative estimate of drug-likeness (QED) is 0.0580. The number of esters is 1. The largest absolute Gasteiger partial charge is 0.504 e. The van der Waals surface area contributed by atoms with Crippen molar-refractivity contribution in [2.45, 2.75) is 30.7 Å². The van der Waals surface area contributed by atoms with Crippen LogP contribution in [0, 0.1) is 0 Å². The summed E-state index contributed by atoms with van der Waals surface area (Å²) < 4.78 is 44.0. The van der Waals surface area contributed by atoms with E-state index in [1.807, 2.05) is 0 Å². The highest BCUT2D eigenvalue weighted by Gasteiger charge is 2.48. The van der Waals surface area contributed by atoms with Crippen molar-refractivity contribution in [1.29, 1.82) is 0 Å². The molecule has 1 saturated heterocycles. The maximum absolute atomic E-state index is 13.3. The van der Waals surface area contributed by atoms with Crippen LogP contribution in [0.4, 0.5) is 0 Å². The van der Waals surface area contributed by atoms with Gasteiger partial charge in [0.25, 0.3) is 0 Å². The molecule has 0 aliphatic carbocycles. The summed E-state index contributed by atoms with van der Waals surface area (Å²) in [7, 11) is 3.85. The molecule has 17 heteroatoms. The molecule has 2 aromatic heterocycles. The Balaban J connectivity index is 1.44. The maximum atomic E-state index is 13.3. The van der Waals surface area contributed by atoms with E-state index < -0.39 is 77.3 Å². The minimum absolute atomic E-state index is 0.000330. The first-order valence-electron chi connectivity index (χ1n) is 13.7. The Labute approximate surface area is 261 Å². The van der Waals surface area contributed by atoms with Crippen LogP contribution in [-0.4, -0.2) is 95.3 Å². The molecule has 1 aliphatic heterocycles. The third-order valence-corrected chi connectivity index (χ3v) is 7.72. The second-order valence-electron chi connectivity index (χ2n) is 10.4. The molecule has 1 aliphatic rings. The van der Waals surface area contributed by atoms with Gasteiger partial charge in [0.05, 0.1) is 44.3 Å². The van der Waals surface area contributed by atoms with E-state index in [0.29, 0.717) is 0 Å². The number of carbonyl (C=O) groups excluding carboxylic acids is 1. The number of phenolic OH excluding ortho intramolecular Hbond substituents is 3. The summed E-state index contributed by atoms with van der Waals surface area (Å²) in [6.45, 7) is -0.843. The molecule has 3 aromatic carbocycles. The minimum Gasteiger partial charge on any atom is -0.504 e. The summed E-state index contributed by atoms with van der Waals surface area (Å²) in [4.78, 5) is 39.3. The molecule has 248 valence electrons. The van der Waals surface area contributed by atoms with Gasteiger partial charge in [-0.1, -0.05) is 0 Å². The third kappa shape index (κ3) is 4.92. The molecule has 0 saturated carbocycles. The zero-order valence-electron chi connectivity index (χ0n) is 24.6. The monoisotopic (exact) mass is 658 g/mol. The summed E-state index contributed by atoms with van der Waals surface area (Å²) >= 11 is 0. The Morgan fingerprint density at radius 2 is 1.32 bits per heavy atom. The van der Waals surface area contributed by atoms with E-state index in [-0.39, 0.29) is 55.7 Å². The Bertz CT molecular complexity index is 2110. The van der Waals surface area contributed by atoms with Crippen molar-refractivity contribution in [2.24, 2.45) is 0 Å². The first-order chi connectivity index (χ1) is 22.4. The molecule has 17 nitrogen and oxygen atoms in total. The van der Waals surface area contributed by atoms with E-state index in [1.165, 1.54) is 33.5 Å². The van der Waals surface area contributed by atoms with E-state index >= 15 is 0 Å². The van der Waals surface area contributed by atoms with Gasteiger partial charge >= 0.3 is 17.2 Å². The van der Waals surface area contributed by atoms with E-state index in [9.17, 15) is 45.0 Å². The molecule has 6 N–H and O–H groups in total. The first kappa shape index (κ1) is 31.5. The van der Waals surface area contributed by atoms with Gasteiger partial charge in [0.1, 0.15) is 12.2 Å². The lowest BCUT2D eigenvalue weighted by Gasteiger charge is -2.41. The third-order valence-electron chi connectivity index (χ3n) is 7.72. The Hall–Kier alpha value is -5.49. The zero-order valence-corrected chi connectivity index (χ0v) is 24.6. The van der Waals surface area contributed by atoms with Crippen LogP contribution in [0.2, 0.25) is 0 Å². The van der Waals surface area contributed by atoms with Crippen molar-refractivity contribution in [3.63, 3.8) is 0 Å². The average Bonchev–Trinajstić information content (AvgIpc) is 3.05. The Morgan fingerprint density at radius 3 is 1.83 bits per heavy atom. The number of hydrogen-bond acceptors (Lipinski definition) is 17. The molecular formula is C30H26O17. The minimum atomic E-state index is -1.98. The van der Waals surface area contributed by atoms with E-state index in [2.05, 4.69) is 0 Å². The predicted molar refractivity (Wildman–Crippen MR) is 156 cm³/mol. The fraction of sp³-hybridized carbons (Fsp3) is 0.300. The van der Waals surface area contributed by atoms with Crippen molar-refractivity contribution in [1.82, 2.24) is 0 Å². The van der Waals surface area contributed by atoms with Crippen LogP contribution in [0.5, 0.6) is 40.2 Å².